The van der Waals surface area contributed by atoms with Gasteiger partial charge in [0, 0.05) is 30.7 Å². The van der Waals surface area contributed by atoms with E-state index >= 15 is 0 Å². The number of nitrogens with zero attached hydrogens (tertiary/aromatic N) is 2. The summed E-state index contributed by atoms with van der Waals surface area (Å²) in [6.45, 7) is 2.60. The molecule has 4 heteroatoms. The lowest BCUT2D eigenvalue weighted by molar-refractivity contribution is 0.731. The van der Waals surface area contributed by atoms with Gasteiger partial charge < -0.3 is 10.6 Å². The molecule has 0 aromatic carbocycles. The molecule has 0 bridgehead atoms. The molecule has 0 atom stereocenters. The predicted molar refractivity (Wildman–Crippen MR) is 71.2 cm³/mol. The number of hydrogen-bond acceptors (Lipinski definition) is 4. The Morgan fingerprint density at radius 1 is 1.41 bits per heavy atom. The number of pyridine rings is 1. The zero-order valence-corrected chi connectivity index (χ0v) is 10.4. The number of nitrogens with two attached hydrogens (primary N) is 1. The van der Waals surface area contributed by atoms with Crippen molar-refractivity contribution >= 4 is 17.2 Å². The Morgan fingerprint density at radius 3 is 3.24 bits per heavy atom. The Bertz CT molecular complexity index is 521. The van der Waals surface area contributed by atoms with Crippen LogP contribution in [0.1, 0.15) is 16.0 Å². The van der Waals surface area contributed by atoms with Gasteiger partial charge in [-0.2, -0.15) is 0 Å². The molecular formula is C13H15N3S. The fourth-order valence-corrected chi connectivity index (χ4v) is 3.09. The van der Waals surface area contributed by atoms with Crippen molar-refractivity contribution in [1.29, 1.82) is 0 Å². The first-order chi connectivity index (χ1) is 8.36. The van der Waals surface area contributed by atoms with Crippen molar-refractivity contribution in [2.45, 2.75) is 19.5 Å². The number of rotatable bonds is 2. The van der Waals surface area contributed by atoms with Gasteiger partial charge in [-0.25, -0.2) is 4.98 Å². The van der Waals surface area contributed by atoms with E-state index < -0.39 is 0 Å². The van der Waals surface area contributed by atoms with Crippen molar-refractivity contribution in [3.8, 4) is 0 Å². The van der Waals surface area contributed by atoms with Crippen LogP contribution in [0.2, 0.25) is 0 Å². The van der Waals surface area contributed by atoms with Crippen LogP contribution < -0.4 is 10.6 Å². The Labute approximate surface area is 105 Å². The second kappa shape index (κ2) is 4.47. The number of fused-ring (bicyclic) bond motifs is 1. The van der Waals surface area contributed by atoms with Crippen LogP contribution in [0.3, 0.4) is 0 Å². The number of anilines is 1. The molecule has 2 N–H and O–H groups in total. The first kappa shape index (κ1) is 10.7. The topological polar surface area (TPSA) is 42.1 Å². The van der Waals surface area contributed by atoms with Gasteiger partial charge in [-0.1, -0.05) is 0 Å². The van der Waals surface area contributed by atoms with Gasteiger partial charge in [0.1, 0.15) is 5.82 Å². The third kappa shape index (κ3) is 2.06. The zero-order valence-electron chi connectivity index (χ0n) is 9.60. The van der Waals surface area contributed by atoms with Crippen molar-refractivity contribution < 1.29 is 0 Å². The summed E-state index contributed by atoms with van der Waals surface area (Å²) in [4.78, 5) is 8.29. The van der Waals surface area contributed by atoms with Crippen molar-refractivity contribution in [2.75, 3.05) is 11.4 Å². The van der Waals surface area contributed by atoms with E-state index in [1.807, 2.05) is 23.6 Å². The maximum Gasteiger partial charge on any atom is 0.129 e. The smallest absolute Gasteiger partial charge is 0.129 e. The molecule has 0 aliphatic carbocycles. The molecule has 0 saturated carbocycles. The summed E-state index contributed by atoms with van der Waals surface area (Å²) in [5.74, 6) is 1.05. The van der Waals surface area contributed by atoms with Crippen LogP contribution in [-0.2, 0) is 19.5 Å². The van der Waals surface area contributed by atoms with E-state index in [2.05, 4.69) is 27.4 Å². The Hall–Kier alpha value is -1.39. The second-order valence-electron chi connectivity index (χ2n) is 4.27. The van der Waals surface area contributed by atoms with Gasteiger partial charge >= 0.3 is 0 Å². The standard InChI is InChI=1S/C13H15N3S/c14-8-10-1-4-15-13(7-10)16-5-2-12-11(9-16)3-6-17-12/h1,3-4,6-7H,2,5,8-9,14H2. The molecule has 1 aliphatic heterocycles. The highest BCUT2D eigenvalue weighted by Crippen LogP contribution is 2.26. The van der Waals surface area contributed by atoms with Crippen molar-refractivity contribution in [2.24, 2.45) is 5.73 Å². The molecule has 0 saturated heterocycles. The molecule has 0 fully saturated rings. The largest absolute Gasteiger partial charge is 0.352 e. The van der Waals surface area contributed by atoms with Gasteiger partial charge in [0.05, 0.1) is 0 Å². The van der Waals surface area contributed by atoms with Crippen LogP contribution in [0, 0.1) is 0 Å². The molecule has 2 aromatic rings. The van der Waals surface area contributed by atoms with E-state index in [1.54, 1.807) is 0 Å². The van der Waals surface area contributed by atoms with E-state index in [0.717, 1.165) is 30.9 Å². The Balaban J connectivity index is 1.86. The molecule has 3 nitrogen and oxygen atoms in total. The normalized spacial score (nSPS) is 14.8. The molecular weight excluding hydrogens is 230 g/mol. The number of hydrogen-bond donors (Lipinski definition) is 1. The Kier molecular flexibility index (Phi) is 2.82. The van der Waals surface area contributed by atoms with Crippen molar-refractivity contribution in [3.63, 3.8) is 0 Å². The van der Waals surface area contributed by atoms with Crippen molar-refractivity contribution in [3.05, 3.63) is 45.8 Å². The fourth-order valence-electron chi connectivity index (χ4n) is 2.20. The Morgan fingerprint density at radius 2 is 2.35 bits per heavy atom. The summed E-state index contributed by atoms with van der Waals surface area (Å²) >= 11 is 1.86. The third-order valence-corrected chi connectivity index (χ3v) is 4.20. The van der Waals surface area contributed by atoms with Crippen LogP contribution in [0.15, 0.2) is 29.8 Å². The summed E-state index contributed by atoms with van der Waals surface area (Å²) in [5.41, 5.74) is 8.25. The molecule has 3 heterocycles. The minimum Gasteiger partial charge on any atom is -0.352 e. The summed E-state index contributed by atoms with van der Waals surface area (Å²) < 4.78 is 0. The lowest BCUT2D eigenvalue weighted by Gasteiger charge is -2.28. The summed E-state index contributed by atoms with van der Waals surface area (Å²) in [6, 6.07) is 6.29. The number of thiophene rings is 1. The van der Waals surface area contributed by atoms with Gasteiger partial charge in [-0.15, -0.1) is 11.3 Å². The first-order valence-corrected chi connectivity index (χ1v) is 6.70. The summed E-state index contributed by atoms with van der Waals surface area (Å²) in [5, 5.41) is 2.18. The van der Waals surface area contributed by atoms with Gasteiger partial charge in [0.15, 0.2) is 0 Å². The highest BCUT2D eigenvalue weighted by molar-refractivity contribution is 7.10. The average Bonchev–Trinajstić information content (AvgIpc) is 2.86. The lowest BCUT2D eigenvalue weighted by Crippen LogP contribution is -2.30. The van der Waals surface area contributed by atoms with Gasteiger partial charge in [0.2, 0.25) is 0 Å². The predicted octanol–water partition coefficient (Wildman–Crippen LogP) is 2.16. The van der Waals surface area contributed by atoms with Gasteiger partial charge in [-0.3, -0.25) is 0 Å². The summed E-state index contributed by atoms with van der Waals surface area (Å²) in [6.07, 6.45) is 2.97. The van der Waals surface area contributed by atoms with Crippen LogP contribution in [0.25, 0.3) is 0 Å². The van der Waals surface area contributed by atoms with E-state index in [1.165, 1.54) is 10.4 Å². The minimum atomic E-state index is 0.576. The third-order valence-electron chi connectivity index (χ3n) is 3.18. The minimum absolute atomic E-state index is 0.576. The van der Waals surface area contributed by atoms with Crippen LogP contribution >= 0.6 is 11.3 Å². The molecule has 17 heavy (non-hydrogen) atoms. The molecule has 2 aromatic heterocycles. The van der Waals surface area contributed by atoms with Crippen molar-refractivity contribution in [1.82, 2.24) is 4.98 Å². The van der Waals surface area contributed by atoms with Gasteiger partial charge in [0.25, 0.3) is 0 Å². The lowest BCUT2D eigenvalue weighted by atomic mass is 10.1. The second-order valence-corrected chi connectivity index (χ2v) is 5.27. The molecule has 3 rings (SSSR count). The first-order valence-electron chi connectivity index (χ1n) is 5.82. The van der Waals surface area contributed by atoms with Crippen LogP contribution in [0.4, 0.5) is 5.82 Å². The maximum absolute atomic E-state index is 5.66. The van der Waals surface area contributed by atoms with E-state index in [0.29, 0.717) is 6.54 Å². The average molecular weight is 245 g/mol. The maximum atomic E-state index is 5.66. The summed E-state index contributed by atoms with van der Waals surface area (Å²) in [7, 11) is 0. The van der Waals surface area contributed by atoms with Gasteiger partial charge in [-0.05, 0) is 41.1 Å². The molecule has 88 valence electrons. The van der Waals surface area contributed by atoms with Crippen LogP contribution in [0.5, 0.6) is 0 Å². The monoisotopic (exact) mass is 245 g/mol. The fraction of sp³-hybridized carbons (Fsp3) is 0.308. The van der Waals surface area contributed by atoms with E-state index in [-0.39, 0.29) is 0 Å². The zero-order chi connectivity index (χ0) is 11.7. The highest BCUT2D eigenvalue weighted by Gasteiger charge is 2.18. The quantitative estimate of drug-likeness (QED) is 0.881. The van der Waals surface area contributed by atoms with E-state index in [9.17, 15) is 0 Å². The highest BCUT2D eigenvalue weighted by atomic mass is 32.1. The number of aromatic nitrogens is 1. The van der Waals surface area contributed by atoms with Crippen LogP contribution in [-0.4, -0.2) is 11.5 Å². The molecule has 1 aliphatic rings. The molecule has 0 unspecified atom stereocenters. The molecule has 0 radical (unpaired) electrons. The molecule has 0 amide bonds. The van der Waals surface area contributed by atoms with E-state index in [4.69, 9.17) is 5.73 Å². The SMILES string of the molecule is NCc1ccnc(N2CCc3sccc3C2)c1. The molecule has 0 spiro atoms.